The van der Waals surface area contributed by atoms with E-state index in [1.54, 1.807) is 23.5 Å². The molecular formula is C18H11FOS. The lowest BCUT2D eigenvalue weighted by Crippen LogP contribution is -1.98. The van der Waals surface area contributed by atoms with Gasteiger partial charge in [-0.1, -0.05) is 36.4 Å². The van der Waals surface area contributed by atoms with E-state index >= 15 is 0 Å². The minimum Gasteiger partial charge on any atom is -0.289 e. The molecule has 0 bridgehead atoms. The van der Waals surface area contributed by atoms with Gasteiger partial charge in [0.25, 0.3) is 0 Å². The molecule has 0 fully saturated rings. The van der Waals surface area contributed by atoms with Crippen LogP contribution in [0.25, 0.3) is 31.6 Å². The van der Waals surface area contributed by atoms with Gasteiger partial charge in [0.2, 0.25) is 0 Å². The summed E-state index contributed by atoms with van der Waals surface area (Å²) >= 11 is 1.60. The molecule has 0 amide bonds. The average Bonchev–Trinajstić information content (AvgIpc) is 2.83. The summed E-state index contributed by atoms with van der Waals surface area (Å²) < 4.78 is 15.4. The Hall–Kier alpha value is -2.26. The van der Waals surface area contributed by atoms with E-state index in [-0.39, 0.29) is 11.2 Å². The number of hydrogen-bond acceptors (Lipinski definition) is 2. The van der Waals surface area contributed by atoms with Crippen molar-refractivity contribution in [3.63, 3.8) is 0 Å². The van der Waals surface area contributed by atoms with Gasteiger partial charge in [-0.3, -0.25) is 4.79 Å². The van der Waals surface area contributed by atoms with Crippen LogP contribution in [0, 0.1) is 12.7 Å². The lowest BCUT2D eigenvalue weighted by Gasteiger charge is -1.95. The van der Waals surface area contributed by atoms with Crippen molar-refractivity contribution in [1.29, 1.82) is 0 Å². The second-order valence-electron chi connectivity index (χ2n) is 5.14. The van der Waals surface area contributed by atoms with Crippen molar-refractivity contribution in [2.75, 3.05) is 0 Å². The van der Waals surface area contributed by atoms with Crippen LogP contribution < -0.4 is 5.43 Å². The minimum absolute atomic E-state index is 0.110. The number of fused-ring (bicyclic) bond motifs is 5. The number of hydrogen-bond donors (Lipinski definition) is 0. The fourth-order valence-electron chi connectivity index (χ4n) is 2.91. The number of rotatable bonds is 0. The van der Waals surface area contributed by atoms with E-state index in [2.05, 4.69) is 0 Å². The number of aryl methyl sites for hydroxylation is 1. The third kappa shape index (κ3) is 1.71. The minimum atomic E-state index is -0.340. The largest absolute Gasteiger partial charge is 0.289 e. The number of benzene rings is 2. The van der Waals surface area contributed by atoms with Crippen molar-refractivity contribution < 1.29 is 4.39 Å². The third-order valence-electron chi connectivity index (χ3n) is 3.80. The predicted molar refractivity (Wildman–Crippen MR) is 87.8 cm³/mol. The van der Waals surface area contributed by atoms with Crippen molar-refractivity contribution in [3.8, 4) is 0 Å². The molecule has 102 valence electrons. The summed E-state index contributed by atoms with van der Waals surface area (Å²) in [5.74, 6) is -0.340. The highest BCUT2D eigenvalue weighted by molar-refractivity contribution is 7.20. The van der Waals surface area contributed by atoms with E-state index in [9.17, 15) is 9.18 Å². The standard InChI is InChI=1S/C18H11FOS/c1-10-9-14-16-13(7-4-8-15(16)19)17(20)11-5-2-3-6-12(11)18(14)21-10/h2-9H,1H3. The van der Waals surface area contributed by atoms with Crippen LogP contribution in [0.1, 0.15) is 4.88 Å². The van der Waals surface area contributed by atoms with Gasteiger partial charge in [0.15, 0.2) is 5.43 Å². The van der Waals surface area contributed by atoms with Crippen LogP contribution in [-0.4, -0.2) is 0 Å². The summed E-state index contributed by atoms with van der Waals surface area (Å²) in [6, 6.07) is 14.2. The van der Waals surface area contributed by atoms with Crippen molar-refractivity contribution in [3.05, 3.63) is 69.4 Å². The first-order valence-corrected chi connectivity index (χ1v) is 7.52. The van der Waals surface area contributed by atoms with E-state index in [0.29, 0.717) is 16.2 Å². The van der Waals surface area contributed by atoms with Crippen molar-refractivity contribution >= 4 is 43.0 Å². The van der Waals surface area contributed by atoms with Gasteiger partial charge in [0.05, 0.1) is 0 Å². The van der Waals surface area contributed by atoms with Crippen LogP contribution in [0.4, 0.5) is 4.39 Å². The Morgan fingerprint density at radius 2 is 1.62 bits per heavy atom. The summed E-state index contributed by atoms with van der Waals surface area (Å²) in [6.07, 6.45) is 0. The van der Waals surface area contributed by atoms with Crippen LogP contribution in [0.2, 0.25) is 0 Å². The molecule has 0 aliphatic carbocycles. The summed E-state index contributed by atoms with van der Waals surface area (Å²) in [6.45, 7) is 2.00. The number of thiophene rings is 1. The molecule has 3 aromatic carbocycles. The summed E-state index contributed by atoms with van der Waals surface area (Å²) in [4.78, 5) is 13.9. The molecule has 0 saturated carbocycles. The van der Waals surface area contributed by atoms with Gasteiger partial charge in [0.1, 0.15) is 5.82 Å². The molecule has 4 aromatic rings. The Morgan fingerprint density at radius 3 is 2.43 bits per heavy atom. The Balaban J connectivity index is 2.54. The molecule has 1 aromatic heterocycles. The maximum Gasteiger partial charge on any atom is 0.194 e. The van der Waals surface area contributed by atoms with Gasteiger partial charge in [-0.2, -0.15) is 0 Å². The first-order chi connectivity index (χ1) is 10.2. The first-order valence-electron chi connectivity index (χ1n) is 6.70. The van der Waals surface area contributed by atoms with E-state index in [0.717, 1.165) is 20.3 Å². The summed E-state index contributed by atoms with van der Waals surface area (Å²) in [5, 5.41) is 3.23. The van der Waals surface area contributed by atoms with E-state index in [4.69, 9.17) is 0 Å². The van der Waals surface area contributed by atoms with Crippen LogP contribution >= 0.6 is 11.3 Å². The zero-order chi connectivity index (χ0) is 14.6. The Labute approximate surface area is 124 Å². The maximum atomic E-state index is 14.4. The maximum absolute atomic E-state index is 14.4. The molecule has 0 aliphatic rings. The van der Waals surface area contributed by atoms with E-state index in [1.807, 2.05) is 37.3 Å². The predicted octanol–water partition coefficient (Wildman–Crippen LogP) is 5.02. The first kappa shape index (κ1) is 12.5. The second kappa shape index (κ2) is 4.37. The molecule has 0 aliphatic heterocycles. The Kier molecular flexibility index (Phi) is 2.59. The van der Waals surface area contributed by atoms with Crippen LogP contribution in [0.3, 0.4) is 0 Å². The molecule has 4 rings (SSSR count). The van der Waals surface area contributed by atoms with Gasteiger partial charge in [-0.05, 0) is 19.1 Å². The van der Waals surface area contributed by atoms with E-state index in [1.165, 1.54) is 6.07 Å². The molecule has 21 heavy (non-hydrogen) atoms. The normalized spacial score (nSPS) is 11.5. The molecular weight excluding hydrogens is 283 g/mol. The van der Waals surface area contributed by atoms with Gasteiger partial charge >= 0.3 is 0 Å². The Morgan fingerprint density at radius 1 is 0.905 bits per heavy atom. The fourth-order valence-corrected chi connectivity index (χ4v) is 3.97. The smallest absolute Gasteiger partial charge is 0.194 e. The molecule has 0 radical (unpaired) electrons. The molecule has 3 heteroatoms. The highest BCUT2D eigenvalue weighted by Crippen LogP contribution is 2.35. The number of halogens is 1. The van der Waals surface area contributed by atoms with Gasteiger partial charge in [-0.25, -0.2) is 4.39 Å². The molecule has 0 N–H and O–H groups in total. The average molecular weight is 294 g/mol. The van der Waals surface area contributed by atoms with Gasteiger partial charge in [-0.15, -0.1) is 11.3 Å². The molecule has 0 saturated heterocycles. The highest BCUT2D eigenvalue weighted by atomic mass is 32.1. The SMILES string of the molecule is Cc1cc2c(s1)c1ccccc1c(=O)c1cccc(F)c12. The molecule has 1 nitrogen and oxygen atoms in total. The van der Waals surface area contributed by atoms with E-state index < -0.39 is 0 Å². The van der Waals surface area contributed by atoms with Gasteiger partial charge < -0.3 is 0 Å². The summed E-state index contributed by atoms with van der Waals surface area (Å²) in [5.41, 5.74) is -0.110. The molecule has 1 heterocycles. The highest BCUT2D eigenvalue weighted by Gasteiger charge is 2.13. The van der Waals surface area contributed by atoms with Crippen molar-refractivity contribution in [1.82, 2.24) is 0 Å². The molecule has 0 spiro atoms. The third-order valence-corrected chi connectivity index (χ3v) is 4.88. The lowest BCUT2D eigenvalue weighted by atomic mass is 10.1. The molecule has 0 atom stereocenters. The zero-order valence-corrected chi connectivity index (χ0v) is 12.1. The van der Waals surface area contributed by atoms with Crippen LogP contribution in [0.15, 0.2) is 53.3 Å². The zero-order valence-electron chi connectivity index (χ0n) is 11.3. The monoisotopic (exact) mass is 294 g/mol. The van der Waals surface area contributed by atoms with Gasteiger partial charge in [0, 0.05) is 36.5 Å². The quantitative estimate of drug-likeness (QED) is 0.445. The second-order valence-corrected chi connectivity index (χ2v) is 6.39. The van der Waals surface area contributed by atoms with Crippen molar-refractivity contribution in [2.24, 2.45) is 0 Å². The van der Waals surface area contributed by atoms with Crippen LogP contribution in [0.5, 0.6) is 0 Å². The lowest BCUT2D eigenvalue weighted by molar-refractivity contribution is 0.640. The van der Waals surface area contributed by atoms with Crippen molar-refractivity contribution in [2.45, 2.75) is 6.92 Å². The fraction of sp³-hybridized carbons (Fsp3) is 0.0556. The topological polar surface area (TPSA) is 17.1 Å². The van der Waals surface area contributed by atoms with Crippen LogP contribution in [-0.2, 0) is 0 Å². The Bertz CT molecular complexity index is 1080. The summed E-state index contributed by atoms with van der Waals surface area (Å²) in [7, 11) is 0. The molecule has 0 unspecified atom stereocenters.